The number of amides is 3. The molecule has 138 valence electrons. The average Bonchev–Trinajstić information content (AvgIpc) is 3.14. The van der Waals surface area contributed by atoms with Crippen LogP contribution in [0.15, 0.2) is 17.5 Å². The molecule has 0 saturated carbocycles. The van der Waals surface area contributed by atoms with E-state index < -0.39 is 0 Å². The van der Waals surface area contributed by atoms with E-state index in [4.69, 9.17) is 0 Å². The van der Waals surface area contributed by atoms with E-state index in [2.05, 4.69) is 28.6 Å². The minimum atomic E-state index is 0.00838. The van der Waals surface area contributed by atoms with E-state index in [1.165, 1.54) is 11.3 Å². The summed E-state index contributed by atoms with van der Waals surface area (Å²) in [6.07, 6.45) is 4.82. The zero-order chi connectivity index (χ0) is 17.6. The number of hydrogen-bond acceptors (Lipinski definition) is 3. The third-order valence-electron chi connectivity index (χ3n) is 5.33. The number of carbonyl (C=O) groups excluding carboxylic acids is 2. The van der Waals surface area contributed by atoms with E-state index in [0.29, 0.717) is 31.5 Å². The fraction of sp³-hybridized carbons (Fsp3) is 0.684. The topological polar surface area (TPSA) is 52.7 Å². The maximum atomic E-state index is 12.7. The summed E-state index contributed by atoms with van der Waals surface area (Å²) in [4.78, 5) is 30.2. The van der Waals surface area contributed by atoms with Gasteiger partial charge in [-0.2, -0.15) is 0 Å². The van der Waals surface area contributed by atoms with Crippen LogP contribution in [0, 0.1) is 11.8 Å². The first-order chi connectivity index (χ1) is 12.1. The van der Waals surface area contributed by atoms with Crippen LogP contribution in [0.2, 0.25) is 0 Å². The Balaban J connectivity index is 1.38. The zero-order valence-electron chi connectivity index (χ0n) is 15.1. The Bertz CT molecular complexity index is 567. The maximum absolute atomic E-state index is 12.7. The highest BCUT2D eigenvalue weighted by Crippen LogP contribution is 2.23. The number of urea groups is 1. The van der Waals surface area contributed by atoms with Crippen LogP contribution in [0.1, 0.15) is 37.5 Å². The predicted octanol–water partition coefficient (Wildman–Crippen LogP) is 2.97. The van der Waals surface area contributed by atoms with E-state index >= 15 is 0 Å². The Kier molecular flexibility index (Phi) is 6.34. The van der Waals surface area contributed by atoms with Crippen molar-refractivity contribution in [1.29, 1.82) is 0 Å². The van der Waals surface area contributed by atoms with E-state index in [1.807, 2.05) is 11.0 Å². The maximum Gasteiger partial charge on any atom is 0.317 e. The highest BCUT2D eigenvalue weighted by atomic mass is 32.1. The first kappa shape index (κ1) is 18.2. The first-order valence-electron chi connectivity index (χ1n) is 9.47. The molecule has 25 heavy (non-hydrogen) atoms. The molecule has 2 saturated heterocycles. The van der Waals surface area contributed by atoms with Gasteiger partial charge < -0.3 is 15.1 Å². The summed E-state index contributed by atoms with van der Waals surface area (Å²) in [5.41, 5.74) is 0. The summed E-state index contributed by atoms with van der Waals surface area (Å²) in [7, 11) is 0. The number of nitrogens with zero attached hydrogens (tertiary/aromatic N) is 2. The Morgan fingerprint density at radius 3 is 2.68 bits per heavy atom. The van der Waals surface area contributed by atoms with Gasteiger partial charge >= 0.3 is 6.03 Å². The molecule has 1 atom stereocenters. The standard InChI is InChI=1S/C19H29N3O2S/c1-15-4-2-10-22(14-15)18(23)16-7-11-21(12-8-16)19(24)20-9-6-17-5-3-13-25-17/h3,5,13,15-16H,2,4,6-12,14H2,1H3,(H,20,24)/t15-/m1/s1. The monoisotopic (exact) mass is 363 g/mol. The number of carbonyl (C=O) groups is 2. The van der Waals surface area contributed by atoms with Gasteiger partial charge in [0, 0.05) is 43.5 Å². The van der Waals surface area contributed by atoms with Crippen molar-refractivity contribution in [3.05, 3.63) is 22.4 Å². The van der Waals surface area contributed by atoms with Crippen molar-refractivity contribution in [1.82, 2.24) is 15.1 Å². The molecule has 0 aromatic carbocycles. The van der Waals surface area contributed by atoms with Crippen LogP contribution in [0.25, 0.3) is 0 Å². The van der Waals surface area contributed by atoms with Gasteiger partial charge in [0.05, 0.1) is 0 Å². The third-order valence-corrected chi connectivity index (χ3v) is 6.26. The second kappa shape index (κ2) is 8.70. The van der Waals surface area contributed by atoms with Crippen LogP contribution in [0.3, 0.4) is 0 Å². The van der Waals surface area contributed by atoms with Crippen molar-refractivity contribution >= 4 is 23.3 Å². The van der Waals surface area contributed by atoms with E-state index in [1.54, 1.807) is 11.3 Å². The number of piperidine rings is 2. The molecule has 0 unspecified atom stereocenters. The molecule has 5 nitrogen and oxygen atoms in total. The Labute approximate surface area is 154 Å². The van der Waals surface area contributed by atoms with Crippen LogP contribution >= 0.6 is 11.3 Å². The minimum absolute atomic E-state index is 0.00838. The van der Waals surface area contributed by atoms with Crippen molar-refractivity contribution in [3.63, 3.8) is 0 Å². The molecule has 1 aromatic rings. The summed E-state index contributed by atoms with van der Waals surface area (Å²) < 4.78 is 0. The quantitative estimate of drug-likeness (QED) is 0.894. The number of rotatable bonds is 4. The second-order valence-corrected chi connectivity index (χ2v) is 8.39. The van der Waals surface area contributed by atoms with E-state index in [0.717, 1.165) is 38.8 Å². The van der Waals surface area contributed by atoms with Gasteiger partial charge in [-0.25, -0.2) is 4.79 Å². The minimum Gasteiger partial charge on any atom is -0.342 e. The molecule has 0 radical (unpaired) electrons. The van der Waals surface area contributed by atoms with Crippen molar-refractivity contribution in [2.24, 2.45) is 11.8 Å². The molecule has 0 spiro atoms. The molecule has 3 rings (SSSR count). The molecule has 1 aromatic heterocycles. The first-order valence-corrected chi connectivity index (χ1v) is 10.4. The normalized spacial score (nSPS) is 22.0. The number of likely N-dealkylation sites (tertiary alicyclic amines) is 2. The van der Waals surface area contributed by atoms with Gasteiger partial charge in [-0.15, -0.1) is 11.3 Å². The lowest BCUT2D eigenvalue weighted by Gasteiger charge is -2.37. The predicted molar refractivity (Wildman–Crippen MR) is 101 cm³/mol. The van der Waals surface area contributed by atoms with E-state index in [9.17, 15) is 9.59 Å². The van der Waals surface area contributed by atoms with Crippen LogP contribution in [0.5, 0.6) is 0 Å². The lowest BCUT2D eigenvalue weighted by Crippen LogP contribution is -2.49. The second-order valence-electron chi connectivity index (χ2n) is 7.35. The molecule has 3 heterocycles. The van der Waals surface area contributed by atoms with E-state index in [-0.39, 0.29) is 11.9 Å². The van der Waals surface area contributed by atoms with Crippen molar-refractivity contribution < 1.29 is 9.59 Å². The Morgan fingerprint density at radius 1 is 1.20 bits per heavy atom. The fourth-order valence-electron chi connectivity index (χ4n) is 3.84. The van der Waals surface area contributed by atoms with Gasteiger partial charge in [0.2, 0.25) is 5.91 Å². The smallest absolute Gasteiger partial charge is 0.317 e. The highest BCUT2D eigenvalue weighted by molar-refractivity contribution is 7.09. The molecule has 6 heteroatoms. The van der Waals surface area contributed by atoms with Crippen molar-refractivity contribution in [2.75, 3.05) is 32.7 Å². The Hall–Kier alpha value is -1.56. The highest BCUT2D eigenvalue weighted by Gasteiger charge is 2.31. The average molecular weight is 364 g/mol. The van der Waals surface area contributed by atoms with Crippen molar-refractivity contribution in [2.45, 2.75) is 39.0 Å². The van der Waals surface area contributed by atoms with Crippen LogP contribution in [0.4, 0.5) is 4.79 Å². The van der Waals surface area contributed by atoms with Gasteiger partial charge in [0.25, 0.3) is 0 Å². The summed E-state index contributed by atoms with van der Waals surface area (Å²) in [6, 6.07) is 4.14. The van der Waals surface area contributed by atoms with Gasteiger partial charge in [0.15, 0.2) is 0 Å². The summed E-state index contributed by atoms with van der Waals surface area (Å²) in [5, 5.41) is 5.06. The largest absolute Gasteiger partial charge is 0.342 e. The SMILES string of the molecule is C[C@@H]1CCCN(C(=O)C2CCN(C(=O)NCCc3cccs3)CC2)C1. The number of nitrogens with one attached hydrogen (secondary N) is 1. The number of thiophene rings is 1. The van der Waals surface area contributed by atoms with Gasteiger partial charge in [0.1, 0.15) is 0 Å². The molecule has 2 fully saturated rings. The molecule has 2 aliphatic heterocycles. The summed E-state index contributed by atoms with van der Waals surface area (Å²) >= 11 is 1.72. The lowest BCUT2D eigenvalue weighted by atomic mass is 9.93. The molecule has 1 N–H and O–H groups in total. The molecular weight excluding hydrogens is 334 g/mol. The summed E-state index contributed by atoms with van der Waals surface area (Å²) in [5.74, 6) is 1.02. The molecule has 3 amide bonds. The molecule has 2 aliphatic rings. The Morgan fingerprint density at radius 2 is 2.00 bits per heavy atom. The van der Waals surface area contributed by atoms with Crippen molar-refractivity contribution in [3.8, 4) is 0 Å². The molecule has 0 aliphatic carbocycles. The van der Waals surface area contributed by atoms with Gasteiger partial charge in [-0.1, -0.05) is 13.0 Å². The molecule has 0 bridgehead atoms. The zero-order valence-corrected chi connectivity index (χ0v) is 15.9. The fourth-order valence-corrected chi connectivity index (χ4v) is 4.55. The number of hydrogen-bond donors (Lipinski definition) is 1. The summed E-state index contributed by atoms with van der Waals surface area (Å²) in [6.45, 7) is 6.08. The van der Waals surface area contributed by atoms with Gasteiger partial charge in [-0.3, -0.25) is 4.79 Å². The van der Waals surface area contributed by atoms with Crippen LogP contribution in [-0.2, 0) is 11.2 Å². The van der Waals surface area contributed by atoms with Crippen LogP contribution < -0.4 is 5.32 Å². The third kappa shape index (κ3) is 4.97. The van der Waals surface area contributed by atoms with Gasteiger partial charge in [-0.05, 0) is 49.5 Å². The molecular formula is C19H29N3O2S. The lowest BCUT2D eigenvalue weighted by molar-refractivity contribution is -0.138. The van der Waals surface area contributed by atoms with Crippen LogP contribution in [-0.4, -0.2) is 54.5 Å².